The van der Waals surface area contributed by atoms with Crippen molar-refractivity contribution in [2.75, 3.05) is 23.4 Å². The molecule has 0 radical (unpaired) electrons. The minimum Gasteiger partial charge on any atom is -0.370 e. The lowest BCUT2D eigenvalue weighted by molar-refractivity contribution is -0.131. The van der Waals surface area contributed by atoms with Crippen molar-refractivity contribution in [1.29, 1.82) is 0 Å². The van der Waals surface area contributed by atoms with Crippen LogP contribution in [0.2, 0.25) is 0 Å². The molecule has 0 aromatic heterocycles. The molecule has 3 aliphatic rings. The fourth-order valence-corrected chi connectivity index (χ4v) is 6.21. The number of carbonyl (C=O) groups excluding carboxylic acids is 3. The van der Waals surface area contributed by atoms with Crippen LogP contribution in [-0.2, 0) is 38.9 Å². The number of nitrogens with one attached hydrogen (secondary N) is 3. The molecule has 1 atom stereocenters. The van der Waals surface area contributed by atoms with E-state index in [9.17, 15) is 22.8 Å². The van der Waals surface area contributed by atoms with Gasteiger partial charge in [-0.25, -0.2) is 8.42 Å². The average molecular weight is 561 g/mol. The van der Waals surface area contributed by atoms with Crippen molar-refractivity contribution in [2.45, 2.75) is 50.2 Å². The van der Waals surface area contributed by atoms with E-state index < -0.39 is 15.9 Å². The van der Waals surface area contributed by atoms with Crippen LogP contribution in [0.3, 0.4) is 0 Å². The lowest BCUT2D eigenvalue weighted by Gasteiger charge is -2.27. The van der Waals surface area contributed by atoms with Gasteiger partial charge in [-0.1, -0.05) is 37.3 Å². The molecule has 208 valence electrons. The monoisotopic (exact) mass is 560 g/mol. The molecule has 3 aromatic rings. The SMILES string of the molecule is CCS(=O)(=O)c1ccc2cc1CN(C)C(=O)[C@H](Nc1ccc3c(c1)C(=O)NC3)c1ccc(cc1)CCCC(=O)N2. The highest BCUT2D eigenvalue weighted by Crippen LogP contribution is 2.28. The van der Waals surface area contributed by atoms with E-state index in [1.807, 2.05) is 36.4 Å². The Hall–Kier alpha value is -4.18. The Labute approximate surface area is 233 Å². The van der Waals surface area contributed by atoms with Crippen molar-refractivity contribution in [1.82, 2.24) is 10.2 Å². The summed E-state index contributed by atoms with van der Waals surface area (Å²) in [4.78, 5) is 40.4. The van der Waals surface area contributed by atoms with Gasteiger partial charge in [0.2, 0.25) is 11.8 Å². The van der Waals surface area contributed by atoms with Gasteiger partial charge < -0.3 is 20.9 Å². The van der Waals surface area contributed by atoms with Crippen LogP contribution in [0.4, 0.5) is 11.4 Å². The van der Waals surface area contributed by atoms with Crippen molar-refractivity contribution >= 4 is 38.9 Å². The molecule has 3 amide bonds. The Morgan fingerprint density at radius 2 is 1.73 bits per heavy atom. The van der Waals surface area contributed by atoms with Crippen LogP contribution < -0.4 is 16.0 Å². The molecular formula is C30H32N4O5S. The molecule has 0 aliphatic carbocycles. The molecular weight excluding hydrogens is 528 g/mol. The third-order valence-corrected chi connectivity index (χ3v) is 9.21. The van der Waals surface area contributed by atoms with E-state index in [2.05, 4.69) is 16.0 Å². The summed E-state index contributed by atoms with van der Waals surface area (Å²) in [6, 6.07) is 17.1. The standard InChI is InChI=1S/C30H32N4O5S/c1-3-40(38,39)26-14-13-23-15-22(26)18-34(2)30(37)28(33-24-12-11-21-17-31-29(36)25(21)16-24)20-9-7-19(8-10-20)5-4-6-27(35)32-23/h7-16,28,33H,3-6,17-18H2,1-2H3,(H,31,36)(H,32,35)/t28-/m1/s1. The van der Waals surface area contributed by atoms with Gasteiger partial charge in [0.05, 0.1) is 10.6 Å². The third kappa shape index (κ3) is 5.72. The summed E-state index contributed by atoms with van der Waals surface area (Å²) in [5, 5.41) is 8.98. The first-order chi connectivity index (χ1) is 19.1. The van der Waals surface area contributed by atoms with E-state index in [0.717, 1.165) is 16.7 Å². The third-order valence-electron chi connectivity index (χ3n) is 7.38. The highest BCUT2D eigenvalue weighted by Gasteiger charge is 2.28. The Morgan fingerprint density at radius 1 is 0.950 bits per heavy atom. The number of aryl methyl sites for hydroxylation is 1. The highest BCUT2D eigenvalue weighted by atomic mass is 32.2. The summed E-state index contributed by atoms with van der Waals surface area (Å²) < 4.78 is 25.8. The first-order valence-electron chi connectivity index (χ1n) is 13.3. The number of nitrogens with zero attached hydrogens (tertiary/aromatic N) is 1. The van der Waals surface area contributed by atoms with Crippen LogP contribution in [0, 0.1) is 0 Å². The van der Waals surface area contributed by atoms with Gasteiger partial charge >= 0.3 is 0 Å². The van der Waals surface area contributed by atoms with Gasteiger partial charge in [0, 0.05) is 43.5 Å². The number of likely N-dealkylation sites (N-methyl/N-ethyl adjacent to an activating group) is 1. The second-order valence-corrected chi connectivity index (χ2v) is 12.4. The predicted molar refractivity (Wildman–Crippen MR) is 153 cm³/mol. The molecule has 0 fully saturated rings. The molecule has 3 heterocycles. The second kappa shape index (κ2) is 11.1. The zero-order valence-corrected chi connectivity index (χ0v) is 23.3. The van der Waals surface area contributed by atoms with Gasteiger partial charge in [0.25, 0.3) is 5.91 Å². The van der Waals surface area contributed by atoms with Gasteiger partial charge in [-0.2, -0.15) is 0 Å². The van der Waals surface area contributed by atoms with Crippen molar-refractivity contribution < 1.29 is 22.8 Å². The maximum atomic E-state index is 14.0. The zero-order valence-electron chi connectivity index (χ0n) is 22.5. The van der Waals surface area contributed by atoms with Gasteiger partial charge in [-0.3, -0.25) is 14.4 Å². The van der Waals surface area contributed by atoms with Gasteiger partial charge in [0.1, 0.15) is 6.04 Å². The number of hydrogen-bond acceptors (Lipinski definition) is 6. The fraction of sp³-hybridized carbons (Fsp3) is 0.300. The minimum atomic E-state index is -3.58. The lowest BCUT2D eigenvalue weighted by Crippen LogP contribution is -2.35. The smallest absolute Gasteiger partial charge is 0.251 e. The summed E-state index contributed by atoms with van der Waals surface area (Å²) in [6.45, 7) is 2.06. The summed E-state index contributed by atoms with van der Waals surface area (Å²) in [5.74, 6) is -0.677. The molecule has 4 bridgehead atoms. The molecule has 0 spiro atoms. The number of benzene rings is 3. The van der Waals surface area contributed by atoms with Crippen molar-refractivity contribution in [2.24, 2.45) is 0 Å². The highest BCUT2D eigenvalue weighted by molar-refractivity contribution is 7.91. The van der Waals surface area contributed by atoms with Crippen LogP contribution in [0.1, 0.15) is 58.4 Å². The zero-order chi connectivity index (χ0) is 28.4. The number of sulfone groups is 1. The van der Waals surface area contributed by atoms with Crippen LogP contribution in [-0.4, -0.2) is 43.8 Å². The van der Waals surface area contributed by atoms with E-state index in [0.29, 0.717) is 48.3 Å². The van der Waals surface area contributed by atoms with Crippen LogP contribution in [0.5, 0.6) is 0 Å². The maximum absolute atomic E-state index is 14.0. The first-order valence-corrected chi connectivity index (χ1v) is 15.0. The minimum absolute atomic E-state index is 0.0139. The number of amides is 3. The number of anilines is 2. The second-order valence-electron chi connectivity index (χ2n) is 10.2. The van der Waals surface area contributed by atoms with Gasteiger partial charge in [-0.05, 0) is 65.4 Å². The quantitative estimate of drug-likeness (QED) is 0.446. The van der Waals surface area contributed by atoms with E-state index in [-0.39, 0.29) is 34.9 Å². The normalized spacial score (nSPS) is 17.8. The largest absolute Gasteiger partial charge is 0.370 e. The number of hydrogen-bond donors (Lipinski definition) is 3. The molecule has 0 saturated heterocycles. The van der Waals surface area contributed by atoms with Gasteiger partial charge in [-0.15, -0.1) is 0 Å². The molecule has 0 saturated carbocycles. The van der Waals surface area contributed by atoms with Crippen LogP contribution in [0.25, 0.3) is 0 Å². The van der Waals surface area contributed by atoms with Crippen LogP contribution >= 0.6 is 0 Å². The van der Waals surface area contributed by atoms with Crippen LogP contribution in [0.15, 0.2) is 65.6 Å². The maximum Gasteiger partial charge on any atom is 0.251 e. The predicted octanol–water partition coefficient (Wildman–Crippen LogP) is 3.81. The summed E-state index contributed by atoms with van der Waals surface area (Å²) >= 11 is 0. The molecule has 3 aromatic carbocycles. The average Bonchev–Trinajstić information content (AvgIpc) is 3.31. The summed E-state index contributed by atoms with van der Waals surface area (Å²) in [5.41, 5.74) is 4.78. The van der Waals surface area contributed by atoms with E-state index in [1.165, 1.54) is 11.0 Å². The number of rotatable bonds is 4. The molecule has 40 heavy (non-hydrogen) atoms. The van der Waals surface area contributed by atoms with Crippen molar-refractivity contribution in [3.05, 3.63) is 88.5 Å². The Morgan fingerprint density at radius 3 is 2.48 bits per heavy atom. The molecule has 3 N–H and O–H groups in total. The molecule has 0 unspecified atom stereocenters. The fourth-order valence-electron chi connectivity index (χ4n) is 5.10. The summed E-state index contributed by atoms with van der Waals surface area (Å²) in [7, 11) is -1.96. The van der Waals surface area contributed by atoms with E-state index in [4.69, 9.17) is 0 Å². The number of carbonyl (C=O) groups is 3. The van der Waals surface area contributed by atoms with E-state index >= 15 is 0 Å². The van der Waals surface area contributed by atoms with Gasteiger partial charge in [0.15, 0.2) is 9.84 Å². The van der Waals surface area contributed by atoms with Crippen molar-refractivity contribution in [3.63, 3.8) is 0 Å². The topological polar surface area (TPSA) is 125 Å². The first kappa shape index (κ1) is 27.4. The van der Waals surface area contributed by atoms with E-state index in [1.54, 1.807) is 32.2 Å². The molecule has 10 heteroatoms. The Bertz CT molecular complexity index is 1580. The Balaban J connectivity index is 1.54. The number of fused-ring (bicyclic) bond motifs is 10. The lowest BCUT2D eigenvalue weighted by atomic mass is 10.00. The molecule has 9 nitrogen and oxygen atoms in total. The summed E-state index contributed by atoms with van der Waals surface area (Å²) in [6.07, 6.45) is 1.65. The molecule has 3 aliphatic heterocycles. The Kier molecular flexibility index (Phi) is 7.62. The van der Waals surface area contributed by atoms with Crippen molar-refractivity contribution in [3.8, 4) is 0 Å². The molecule has 6 rings (SSSR count).